The van der Waals surface area contributed by atoms with Crippen molar-refractivity contribution in [3.63, 3.8) is 0 Å². The molecule has 2 aliphatic heterocycles. The number of hydrogen-bond acceptors (Lipinski definition) is 6. The van der Waals surface area contributed by atoms with Crippen LogP contribution in [0.5, 0.6) is 0 Å². The van der Waals surface area contributed by atoms with Gasteiger partial charge in [0.2, 0.25) is 0 Å². The zero-order valence-electron chi connectivity index (χ0n) is 21.1. The van der Waals surface area contributed by atoms with E-state index in [-0.39, 0.29) is 37.0 Å². The third-order valence-corrected chi connectivity index (χ3v) is 4.79. The van der Waals surface area contributed by atoms with Crippen LogP contribution in [0.4, 0.5) is 0 Å². The van der Waals surface area contributed by atoms with E-state index in [0.717, 1.165) is 36.1 Å². The van der Waals surface area contributed by atoms with Crippen LogP contribution in [-0.2, 0) is 38.5 Å². The molecule has 0 spiro atoms. The van der Waals surface area contributed by atoms with Gasteiger partial charge in [-0.05, 0) is 11.8 Å². The molecule has 1 aromatic carbocycles. The Morgan fingerprint density at radius 3 is 1.41 bits per heavy atom. The number of carboxylic acids is 2. The van der Waals surface area contributed by atoms with E-state index < -0.39 is 11.9 Å². The molecule has 0 fully saturated rings. The fraction of sp³-hybridized carbons (Fsp3) is 0.583. The Labute approximate surface area is 214 Å². The third kappa shape index (κ3) is 10.7. The van der Waals surface area contributed by atoms with Crippen molar-refractivity contribution in [1.82, 2.24) is 0 Å². The summed E-state index contributed by atoms with van der Waals surface area (Å²) in [7, 11) is 0. The second-order valence-electron chi connectivity index (χ2n) is 8.54. The number of carboxylic acid groups (broad SMARTS) is 2. The second kappa shape index (κ2) is 15.6. The van der Waals surface area contributed by atoms with Crippen molar-refractivity contribution in [2.45, 2.75) is 67.5 Å². The minimum Gasteiger partial charge on any atom is -0.509 e. The Kier molecular flexibility index (Phi) is 15.5. The maximum atomic E-state index is 9.00. The average molecular weight is 568 g/mol. The number of benzene rings is 1. The van der Waals surface area contributed by atoms with Gasteiger partial charge in [-0.25, -0.2) is 0 Å². The predicted molar refractivity (Wildman–Crippen MR) is 127 cm³/mol. The van der Waals surface area contributed by atoms with Gasteiger partial charge in [0.1, 0.15) is 25.0 Å². The number of ether oxygens (including phenoxy) is 2. The van der Waals surface area contributed by atoms with Crippen molar-refractivity contribution in [3.05, 3.63) is 34.4 Å². The molecule has 1 radical (unpaired) electrons. The van der Waals surface area contributed by atoms with Crippen molar-refractivity contribution in [3.8, 4) is 0 Å². The van der Waals surface area contributed by atoms with Gasteiger partial charge in [-0.15, -0.1) is 23.3 Å². The van der Waals surface area contributed by atoms with Gasteiger partial charge >= 0.3 is 0 Å². The van der Waals surface area contributed by atoms with Crippen LogP contribution in [0.25, 0.3) is 0 Å². The average Bonchev–Trinajstić information content (AvgIpc) is 3.31. The van der Waals surface area contributed by atoms with Gasteiger partial charge in [-0.1, -0.05) is 52.7 Å². The molecule has 3 rings (SSSR count). The van der Waals surface area contributed by atoms with Crippen LogP contribution < -0.4 is 0 Å². The summed E-state index contributed by atoms with van der Waals surface area (Å²) >= 11 is 0. The molecule has 0 saturated heterocycles. The first-order valence-electron chi connectivity index (χ1n) is 10.7. The van der Waals surface area contributed by atoms with E-state index in [1.165, 1.54) is 0 Å². The predicted octanol–water partition coefficient (Wildman–Crippen LogP) is 3.06. The summed E-state index contributed by atoms with van der Waals surface area (Å²) in [6, 6.07) is 6.07. The summed E-state index contributed by atoms with van der Waals surface area (Å²) in [4.78, 5) is 27.5. The van der Waals surface area contributed by atoms with Gasteiger partial charge < -0.3 is 25.2 Å². The third-order valence-electron chi connectivity index (χ3n) is 4.79. The topological polar surface area (TPSA) is 149 Å². The molecule has 1 aromatic rings. The zero-order chi connectivity index (χ0) is 24.6. The Morgan fingerprint density at radius 1 is 0.882 bits per heavy atom. The van der Waals surface area contributed by atoms with Crippen LogP contribution in [-0.4, -0.2) is 64.7 Å². The Morgan fingerprint density at radius 2 is 1.18 bits per heavy atom. The molecule has 0 bridgehead atoms. The van der Waals surface area contributed by atoms with Crippen LogP contribution in [0.2, 0.25) is 0 Å². The Balaban J connectivity index is 0. The SMILES string of the molecule is CC(=O)O.CC(=O)O.Cc1cc(C)c(C2=N[C@@H](C(C)C)CO2)[c-]c1C1=N[C@H](C(C)C)CO1.O.[Rh]. The van der Waals surface area contributed by atoms with Gasteiger partial charge in [-0.3, -0.25) is 19.6 Å². The Hall–Kier alpha value is -2.32. The molecule has 4 N–H and O–H groups in total. The number of aliphatic imine (C=N–C) groups is 2. The van der Waals surface area contributed by atoms with Crippen LogP contribution in [0.3, 0.4) is 0 Å². The minimum atomic E-state index is -0.833. The second-order valence-corrected chi connectivity index (χ2v) is 8.54. The molecule has 2 heterocycles. The number of hydrogen-bond donors (Lipinski definition) is 2. The fourth-order valence-corrected chi connectivity index (χ4v) is 2.97. The van der Waals surface area contributed by atoms with E-state index in [9.17, 15) is 0 Å². The molecule has 0 aromatic heterocycles. The molecule has 0 aliphatic carbocycles. The first-order valence-corrected chi connectivity index (χ1v) is 10.7. The smallest absolute Gasteiger partial charge is 0.300 e. The van der Waals surface area contributed by atoms with E-state index in [1.807, 2.05) is 0 Å². The van der Waals surface area contributed by atoms with Crippen LogP contribution in [0.1, 0.15) is 63.8 Å². The molecule has 34 heavy (non-hydrogen) atoms. The summed E-state index contributed by atoms with van der Waals surface area (Å²) in [6.45, 7) is 16.3. The van der Waals surface area contributed by atoms with Crippen molar-refractivity contribution in [2.24, 2.45) is 21.8 Å². The molecule has 195 valence electrons. The summed E-state index contributed by atoms with van der Waals surface area (Å²) in [5.41, 5.74) is 4.10. The van der Waals surface area contributed by atoms with Crippen LogP contribution in [0, 0.1) is 31.7 Å². The van der Waals surface area contributed by atoms with Gasteiger partial charge in [0, 0.05) is 33.3 Å². The van der Waals surface area contributed by atoms with E-state index in [0.29, 0.717) is 36.8 Å². The number of aliphatic carboxylic acids is 2. The Bertz CT molecular complexity index is 807. The summed E-state index contributed by atoms with van der Waals surface area (Å²) < 4.78 is 11.7. The molecule has 0 saturated carbocycles. The van der Waals surface area contributed by atoms with Gasteiger partial charge in [0.05, 0.1) is 12.1 Å². The minimum absolute atomic E-state index is 0. The first-order chi connectivity index (χ1) is 14.8. The molecule has 9 nitrogen and oxygen atoms in total. The van der Waals surface area contributed by atoms with Crippen LogP contribution in [0.15, 0.2) is 16.1 Å². The monoisotopic (exact) mass is 568 g/mol. The largest absolute Gasteiger partial charge is 0.509 e. The van der Waals surface area contributed by atoms with Crippen molar-refractivity contribution in [1.29, 1.82) is 0 Å². The van der Waals surface area contributed by atoms with Gasteiger partial charge in [0.25, 0.3) is 11.9 Å². The summed E-state index contributed by atoms with van der Waals surface area (Å²) in [6.07, 6.45) is 0. The van der Waals surface area contributed by atoms with Crippen molar-refractivity contribution in [2.75, 3.05) is 13.2 Å². The maximum absolute atomic E-state index is 9.00. The van der Waals surface area contributed by atoms with Gasteiger partial charge in [0.15, 0.2) is 0 Å². The van der Waals surface area contributed by atoms with E-state index >= 15 is 0 Å². The number of aryl methyl sites for hydroxylation is 2. The zero-order valence-corrected chi connectivity index (χ0v) is 22.7. The normalized spacial score (nSPS) is 17.9. The molecule has 2 atom stereocenters. The van der Waals surface area contributed by atoms with Crippen molar-refractivity contribution < 1.29 is 54.2 Å². The molecular formula is C24H37N2O7Rh-. The van der Waals surface area contributed by atoms with Gasteiger partial charge in [-0.2, -0.15) is 0 Å². The molecule has 0 unspecified atom stereocenters. The van der Waals surface area contributed by atoms with E-state index in [2.05, 4.69) is 53.7 Å². The number of rotatable bonds is 4. The molecular weight excluding hydrogens is 531 g/mol. The number of nitrogens with zero attached hydrogens (tertiary/aromatic N) is 2. The molecule has 10 heteroatoms. The van der Waals surface area contributed by atoms with E-state index in [1.54, 1.807) is 0 Å². The molecule has 0 amide bonds. The summed E-state index contributed by atoms with van der Waals surface area (Å²) in [5.74, 6) is 0.682. The first kappa shape index (κ1) is 33.9. The fourth-order valence-electron chi connectivity index (χ4n) is 2.97. The van der Waals surface area contributed by atoms with Crippen molar-refractivity contribution >= 4 is 23.7 Å². The van der Waals surface area contributed by atoms with Crippen LogP contribution >= 0.6 is 0 Å². The quantitative estimate of drug-likeness (QED) is 0.421. The summed E-state index contributed by atoms with van der Waals surface area (Å²) in [5, 5.41) is 14.8. The molecule has 2 aliphatic rings. The van der Waals surface area contributed by atoms with E-state index in [4.69, 9.17) is 39.3 Å². The number of carbonyl (C=O) groups is 2. The standard InChI is InChI=1S/C20H27N2O2.2C2H4O2.H2O.Rh/c1-11(2)17-9-23-19(21-17)15-8-16(14(6)7-13(15)5)20-22-18(10-24-20)12(3)4;2*1-2(3)4;;/h7,11-12,17-18H,9-10H2,1-6H3;2*1H3,(H,3,4);1H2;/q-1;;;;/t17-,18+;;;;. The maximum Gasteiger partial charge on any atom is 0.300 e.